The smallest absolute Gasteiger partial charge is 0.194 e. The third-order valence-corrected chi connectivity index (χ3v) is 5.39. The molecule has 178 valence electrons. The Balaban J connectivity index is 0.00000324. The van der Waals surface area contributed by atoms with Crippen LogP contribution in [0.1, 0.15) is 24.1 Å². The highest BCUT2D eigenvalue weighted by molar-refractivity contribution is 14.0. The Morgan fingerprint density at radius 3 is 2.53 bits per heavy atom. The SMILES string of the molecule is CCNC(=NCCc1nccn1Cc1ccccc1)N(C)Cc1ncc(-c2ccccc2)[nH]1.I. The van der Waals surface area contributed by atoms with E-state index in [1.165, 1.54) is 5.56 Å². The van der Waals surface area contributed by atoms with Crippen molar-refractivity contribution in [3.63, 3.8) is 0 Å². The lowest BCUT2D eigenvalue weighted by Crippen LogP contribution is -2.38. The number of aromatic nitrogens is 4. The quantitative estimate of drug-likeness (QED) is 0.176. The van der Waals surface area contributed by atoms with Crippen LogP contribution in [-0.4, -0.2) is 50.5 Å². The number of halogens is 1. The Morgan fingerprint density at radius 1 is 1.06 bits per heavy atom. The fraction of sp³-hybridized carbons (Fsp3) is 0.269. The zero-order chi connectivity index (χ0) is 22.9. The van der Waals surface area contributed by atoms with Gasteiger partial charge in [-0.25, -0.2) is 9.97 Å². The molecule has 0 bridgehead atoms. The van der Waals surface area contributed by atoms with E-state index in [9.17, 15) is 0 Å². The average Bonchev–Trinajstić information content (AvgIpc) is 3.49. The monoisotopic (exact) mass is 569 g/mol. The van der Waals surface area contributed by atoms with E-state index in [0.717, 1.165) is 48.4 Å². The standard InChI is InChI=1S/C26H31N7.HI/c1-3-27-26(32(2)20-24-30-18-23(31-24)22-12-8-5-9-13-22)29-15-14-25-28-16-17-33(25)19-21-10-6-4-7-11-21;/h4-13,16-18H,3,14-15,19-20H2,1-2H3,(H,27,29)(H,30,31);1H. The molecule has 0 amide bonds. The maximum absolute atomic E-state index is 4.83. The lowest BCUT2D eigenvalue weighted by Gasteiger charge is -2.21. The minimum Gasteiger partial charge on any atom is -0.357 e. The van der Waals surface area contributed by atoms with Crippen molar-refractivity contribution in [1.82, 2.24) is 29.7 Å². The van der Waals surface area contributed by atoms with Gasteiger partial charge in [0, 0.05) is 45.5 Å². The molecule has 0 saturated carbocycles. The van der Waals surface area contributed by atoms with Gasteiger partial charge in [0.2, 0.25) is 0 Å². The summed E-state index contributed by atoms with van der Waals surface area (Å²) >= 11 is 0. The summed E-state index contributed by atoms with van der Waals surface area (Å²) in [5.41, 5.74) is 3.42. The van der Waals surface area contributed by atoms with Gasteiger partial charge in [0.25, 0.3) is 0 Å². The molecule has 34 heavy (non-hydrogen) atoms. The molecule has 0 spiro atoms. The normalized spacial score (nSPS) is 11.2. The minimum absolute atomic E-state index is 0. The van der Waals surface area contributed by atoms with Gasteiger partial charge < -0.3 is 19.8 Å². The van der Waals surface area contributed by atoms with Crippen LogP contribution < -0.4 is 5.32 Å². The first-order chi connectivity index (χ1) is 16.2. The number of guanidine groups is 1. The van der Waals surface area contributed by atoms with Gasteiger partial charge in [-0.1, -0.05) is 60.7 Å². The first kappa shape index (κ1) is 25.5. The van der Waals surface area contributed by atoms with E-state index in [-0.39, 0.29) is 24.0 Å². The van der Waals surface area contributed by atoms with Gasteiger partial charge >= 0.3 is 0 Å². The first-order valence-corrected chi connectivity index (χ1v) is 11.4. The van der Waals surface area contributed by atoms with E-state index in [4.69, 9.17) is 4.99 Å². The maximum Gasteiger partial charge on any atom is 0.194 e. The molecule has 8 heteroatoms. The second-order valence-electron chi connectivity index (χ2n) is 7.91. The molecular weight excluding hydrogens is 537 g/mol. The molecule has 4 aromatic rings. The molecule has 0 aliphatic heterocycles. The predicted octanol–water partition coefficient (Wildman–Crippen LogP) is 4.58. The van der Waals surface area contributed by atoms with Crippen molar-refractivity contribution < 1.29 is 0 Å². The van der Waals surface area contributed by atoms with Crippen molar-refractivity contribution in [1.29, 1.82) is 0 Å². The number of imidazole rings is 2. The van der Waals surface area contributed by atoms with Gasteiger partial charge in [-0.15, -0.1) is 24.0 Å². The van der Waals surface area contributed by atoms with E-state index in [1.54, 1.807) is 0 Å². The van der Waals surface area contributed by atoms with Gasteiger partial charge in [0.05, 0.1) is 18.4 Å². The zero-order valence-corrected chi connectivity index (χ0v) is 22.0. The Bertz CT molecular complexity index is 1150. The van der Waals surface area contributed by atoms with Gasteiger partial charge in [0.1, 0.15) is 11.6 Å². The van der Waals surface area contributed by atoms with Crippen molar-refractivity contribution >= 4 is 29.9 Å². The number of H-pyrrole nitrogens is 1. The summed E-state index contributed by atoms with van der Waals surface area (Å²) in [7, 11) is 2.03. The number of hydrogen-bond donors (Lipinski definition) is 2. The van der Waals surface area contributed by atoms with E-state index < -0.39 is 0 Å². The molecule has 0 fully saturated rings. The lowest BCUT2D eigenvalue weighted by molar-refractivity contribution is 0.464. The largest absolute Gasteiger partial charge is 0.357 e. The summed E-state index contributed by atoms with van der Waals surface area (Å²) in [6.45, 7) is 5.00. The van der Waals surface area contributed by atoms with Gasteiger partial charge in [-0.3, -0.25) is 4.99 Å². The zero-order valence-electron chi connectivity index (χ0n) is 19.7. The van der Waals surface area contributed by atoms with Crippen LogP contribution in [0, 0.1) is 0 Å². The first-order valence-electron chi connectivity index (χ1n) is 11.4. The van der Waals surface area contributed by atoms with Crippen LogP contribution in [0.5, 0.6) is 0 Å². The molecule has 2 N–H and O–H groups in total. The Kier molecular flexibility index (Phi) is 9.69. The van der Waals surface area contributed by atoms with Gasteiger partial charge in [0.15, 0.2) is 5.96 Å². The van der Waals surface area contributed by atoms with Crippen LogP contribution in [0.15, 0.2) is 84.2 Å². The highest BCUT2D eigenvalue weighted by Gasteiger charge is 2.10. The molecule has 0 aliphatic carbocycles. The van der Waals surface area contributed by atoms with Crippen LogP contribution in [0.3, 0.4) is 0 Å². The Labute approximate surface area is 218 Å². The highest BCUT2D eigenvalue weighted by atomic mass is 127. The summed E-state index contributed by atoms with van der Waals surface area (Å²) in [5, 5.41) is 3.38. The van der Waals surface area contributed by atoms with Crippen molar-refractivity contribution in [2.75, 3.05) is 20.1 Å². The third kappa shape index (κ3) is 6.93. The number of aliphatic imine (C=N–C) groups is 1. The molecule has 0 unspecified atom stereocenters. The van der Waals surface area contributed by atoms with Crippen molar-refractivity contribution in [2.24, 2.45) is 4.99 Å². The van der Waals surface area contributed by atoms with E-state index >= 15 is 0 Å². The molecule has 2 aromatic heterocycles. The molecule has 0 saturated heterocycles. The van der Waals surface area contributed by atoms with Crippen LogP contribution in [-0.2, 0) is 19.5 Å². The van der Waals surface area contributed by atoms with Gasteiger partial charge in [-0.2, -0.15) is 0 Å². The average molecular weight is 569 g/mol. The fourth-order valence-electron chi connectivity index (χ4n) is 3.73. The highest BCUT2D eigenvalue weighted by Crippen LogP contribution is 2.16. The molecule has 0 radical (unpaired) electrons. The summed E-state index contributed by atoms with van der Waals surface area (Å²) in [6.07, 6.45) is 6.56. The summed E-state index contributed by atoms with van der Waals surface area (Å²) < 4.78 is 2.19. The Hall–Kier alpha value is -3.14. The molecular formula is C26H32IN7. The van der Waals surface area contributed by atoms with Crippen LogP contribution >= 0.6 is 24.0 Å². The molecule has 2 aromatic carbocycles. The molecule has 7 nitrogen and oxygen atoms in total. The van der Waals surface area contributed by atoms with Crippen molar-refractivity contribution in [2.45, 2.75) is 26.4 Å². The minimum atomic E-state index is 0. The van der Waals surface area contributed by atoms with Crippen molar-refractivity contribution in [3.05, 3.63) is 96.5 Å². The summed E-state index contributed by atoms with van der Waals surface area (Å²) in [5.74, 6) is 2.80. The summed E-state index contributed by atoms with van der Waals surface area (Å²) in [6, 6.07) is 20.7. The topological polar surface area (TPSA) is 74.1 Å². The van der Waals surface area contributed by atoms with E-state index in [1.807, 2.05) is 49.9 Å². The van der Waals surface area contributed by atoms with Gasteiger partial charge in [-0.05, 0) is 18.1 Å². The van der Waals surface area contributed by atoms with Crippen LogP contribution in [0.2, 0.25) is 0 Å². The van der Waals surface area contributed by atoms with Crippen LogP contribution in [0.4, 0.5) is 0 Å². The Morgan fingerprint density at radius 2 is 1.79 bits per heavy atom. The van der Waals surface area contributed by atoms with Crippen LogP contribution in [0.25, 0.3) is 11.3 Å². The molecule has 0 aliphatic rings. The predicted molar refractivity (Wildman–Crippen MR) is 148 cm³/mol. The lowest BCUT2D eigenvalue weighted by atomic mass is 10.2. The third-order valence-electron chi connectivity index (χ3n) is 5.39. The maximum atomic E-state index is 4.83. The number of rotatable bonds is 9. The molecule has 4 rings (SSSR count). The number of hydrogen-bond acceptors (Lipinski definition) is 3. The molecule has 0 atom stereocenters. The number of benzene rings is 2. The van der Waals surface area contributed by atoms with Crippen molar-refractivity contribution in [3.8, 4) is 11.3 Å². The second kappa shape index (κ2) is 12.9. The summed E-state index contributed by atoms with van der Waals surface area (Å²) in [4.78, 5) is 19.4. The van der Waals surface area contributed by atoms with E-state index in [2.05, 4.69) is 73.1 Å². The van der Waals surface area contributed by atoms with E-state index in [0.29, 0.717) is 13.1 Å². The number of nitrogens with one attached hydrogen (secondary N) is 2. The molecule has 2 heterocycles. The number of aromatic amines is 1. The number of nitrogens with zero attached hydrogens (tertiary/aromatic N) is 5. The second-order valence-corrected chi connectivity index (χ2v) is 7.91. The fourth-order valence-corrected chi connectivity index (χ4v) is 3.73.